The van der Waals surface area contributed by atoms with Crippen LogP contribution in [0.25, 0.3) is 6.08 Å². The first-order valence-corrected chi connectivity index (χ1v) is 9.51. The molecule has 0 saturated carbocycles. The first-order chi connectivity index (χ1) is 14.6. The van der Waals surface area contributed by atoms with Crippen molar-refractivity contribution in [2.45, 2.75) is 0 Å². The van der Waals surface area contributed by atoms with Crippen LogP contribution in [-0.4, -0.2) is 18.6 Å². The van der Waals surface area contributed by atoms with Crippen molar-refractivity contribution in [2.24, 2.45) is 0 Å². The van der Waals surface area contributed by atoms with E-state index in [1.165, 1.54) is 0 Å². The molecule has 0 fully saturated rings. The zero-order valence-electron chi connectivity index (χ0n) is 15.7. The Morgan fingerprint density at radius 3 is 2.43 bits per heavy atom. The highest BCUT2D eigenvalue weighted by molar-refractivity contribution is 6.34. The van der Waals surface area contributed by atoms with Crippen LogP contribution in [-0.2, 0) is 4.79 Å². The number of hydrogen-bond donors (Lipinski definition) is 2. The largest absolute Gasteiger partial charge is 0.454 e. The summed E-state index contributed by atoms with van der Waals surface area (Å²) in [6.45, 7) is 0.146. The van der Waals surface area contributed by atoms with Gasteiger partial charge in [-0.1, -0.05) is 48.0 Å². The van der Waals surface area contributed by atoms with Gasteiger partial charge in [-0.2, -0.15) is 0 Å². The van der Waals surface area contributed by atoms with Gasteiger partial charge in [-0.15, -0.1) is 0 Å². The van der Waals surface area contributed by atoms with Crippen molar-refractivity contribution in [3.05, 3.63) is 94.6 Å². The molecular formula is C23H17ClN2O4. The van der Waals surface area contributed by atoms with Gasteiger partial charge in [0, 0.05) is 5.69 Å². The molecule has 30 heavy (non-hydrogen) atoms. The van der Waals surface area contributed by atoms with Crippen LogP contribution in [0.2, 0.25) is 5.02 Å². The number of carbonyl (C=O) groups excluding carboxylic acids is 2. The summed E-state index contributed by atoms with van der Waals surface area (Å²) in [5.74, 6) is 0.238. The third-order valence-corrected chi connectivity index (χ3v) is 4.68. The van der Waals surface area contributed by atoms with Crippen LogP contribution >= 0.6 is 11.6 Å². The Morgan fingerprint density at radius 1 is 0.900 bits per heavy atom. The van der Waals surface area contributed by atoms with E-state index >= 15 is 0 Å². The number of ether oxygens (including phenoxy) is 2. The van der Waals surface area contributed by atoms with Gasteiger partial charge < -0.3 is 20.1 Å². The van der Waals surface area contributed by atoms with Crippen molar-refractivity contribution in [2.75, 3.05) is 12.1 Å². The molecule has 6 nitrogen and oxygen atoms in total. The molecule has 3 aromatic carbocycles. The highest BCUT2D eigenvalue weighted by Gasteiger charge is 2.18. The number of nitrogens with one attached hydrogen (secondary N) is 2. The van der Waals surface area contributed by atoms with Crippen molar-refractivity contribution < 1.29 is 19.1 Å². The number of rotatable bonds is 5. The minimum absolute atomic E-state index is 0.0580. The molecule has 4 rings (SSSR count). The van der Waals surface area contributed by atoms with E-state index in [0.29, 0.717) is 27.8 Å². The number of fused-ring (bicyclic) bond motifs is 1. The summed E-state index contributed by atoms with van der Waals surface area (Å²) < 4.78 is 10.7. The molecule has 1 heterocycles. The van der Waals surface area contributed by atoms with Crippen LogP contribution in [0.4, 0.5) is 5.69 Å². The van der Waals surface area contributed by atoms with Gasteiger partial charge in [0.15, 0.2) is 11.5 Å². The van der Waals surface area contributed by atoms with Crippen LogP contribution < -0.4 is 20.1 Å². The normalized spacial score (nSPS) is 12.4. The molecule has 7 heteroatoms. The monoisotopic (exact) mass is 420 g/mol. The lowest BCUT2D eigenvalue weighted by Gasteiger charge is -2.12. The number of hydrogen-bond acceptors (Lipinski definition) is 4. The summed E-state index contributed by atoms with van der Waals surface area (Å²) in [7, 11) is 0. The van der Waals surface area contributed by atoms with E-state index < -0.39 is 11.8 Å². The minimum atomic E-state index is -0.490. The molecule has 2 N–H and O–H groups in total. The summed E-state index contributed by atoms with van der Waals surface area (Å²) in [5, 5.41) is 5.73. The van der Waals surface area contributed by atoms with E-state index in [2.05, 4.69) is 10.6 Å². The van der Waals surface area contributed by atoms with Crippen molar-refractivity contribution >= 4 is 35.2 Å². The van der Waals surface area contributed by atoms with E-state index in [4.69, 9.17) is 21.1 Å². The molecule has 0 radical (unpaired) electrons. The number of para-hydroxylation sites is 1. The lowest BCUT2D eigenvalue weighted by molar-refractivity contribution is -0.113. The fourth-order valence-electron chi connectivity index (χ4n) is 2.88. The summed E-state index contributed by atoms with van der Waals surface area (Å²) in [4.78, 5) is 25.7. The highest BCUT2D eigenvalue weighted by Crippen LogP contribution is 2.33. The van der Waals surface area contributed by atoms with Crippen LogP contribution in [0.1, 0.15) is 15.9 Å². The van der Waals surface area contributed by atoms with E-state index in [9.17, 15) is 9.59 Å². The maximum Gasteiger partial charge on any atom is 0.272 e. The molecule has 0 atom stereocenters. The standard InChI is InChI=1S/C23H17ClN2O4/c24-18-9-5-4-8-17(18)22(27)26-19(23(28)25-16-6-2-1-3-7-16)12-15-10-11-20-21(13-15)30-14-29-20/h1-13H,14H2,(H,25,28)(H,26,27)/b19-12-. The summed E-state index contributed by atoms with van der Waals surface area (Å²) in [6.07, 6.45) is 1.56. The van der Waals surface area contributed by atoms with Gasteiger partial charge in [0.2, 0.25) is 6.79 Å². The number of halogens is 1. The topological polar surface area (TPSA) is 76.7 Å². The minimum Gasteiger partial charge on any atom is -0.454 e. The second-order valence-electron chi connectivity index (χ2n) is 6.42. The molecule has 0 aliphatic carbocycles. The number of benzene rings is 3. The fraction of sp³-hybridized carbons (Fsp3) is 0.0435. The molecule has 0 aromatic heterocycles. The van der Waals surface area contributed by atoms with Crippen LogP contribution in [0.5, 0.6) is 11.5 Å². The SMILES string of the molecule is O=C(Nc1ccccc1)/C(=C/c1ccc2c(c1)OCO2)NC(=O)c1ccccc1Cl. The van der Waals surface area contributed by atoms with Crippen LogP contribution in [0.3, 0.4) is 0 Å². The Kier molecular flexibility index (Phi) is 5.68. The van der Waals surface area contributed by atoms with Gasteiger partial charge in [-0.05, 0) is 48.0 Å². The van der Waals surface area contributed by atoms with Crippen LogP contribution in [0, 0.1) is 0 Å². The predicted molar refractivity (Wildman–Crippen MR) is 115 cm³/mol. The Morgan fingerprint density at radius 2 is 1.63 bits per heavy atom. The average molecular weight is 421 g/mol. The molecular weight excluding hydrogens is 404 g/mol. The number of anilines is 1. The molecule has 2 amide bonds. The van der Waals surface area contributed by atoms with Gasteiger partial charge in [-0.3, -0.25) is 9.59 Å². The molecule has 0 bridgehead atoms. The predicted octanol–water partition coefficient (Wildman–Crippen LogP) is 4.48. The molecule has 3 aromatic rings. The Balaban J connectivity index is 1.64. The van der Waals surface area contributed by atoms with Gasteiger partial charge in [0.25, 0.3) is 11.8 Å². The lowest BCUT2D eigenvalue weighted by atomic mass is 10.1. The summed E-state index contributed by atoms with van der Waals surface area (Å²) >= 11 is 6.12. The van der Waals surface area contributed by atoms with E-state index in [-0.39, 0.29) is 18.1 Å². The third kappa shape index (κ3) is 4.45. The zero-order valence-corrected chi connectivity index (χ0v) is 16.5. The molecule has 1 aliphatic heterocycles. The fourth-order valence-corrected chi connectivity index (χ4v) is 3.10. The van der Waals surface area contributed by atoms with E-state index in [1.54, 1.807) is 72.8 Å². The second-order valence-corrected chi connectivity index (χ2v) is 6.83. The third-order valence-electron chi connectivity index (χ3n) is 4.35. The Labute approximate surface area is 178 Å². The summed E-state index contributed by atoms with van der Waals surface area (Å²) in [5.41, 5.74) is 1.59. The van der Waals surface area contributed by atoms with Crippen molar-refractivity contribution in [3.8, 4) is 11.5 Å². The molecule has 0 saturated heterocycles. The van der Waals surface area contributed by atoms with Crippen molar-refractivity contribution in [1.82, 2.24) is 5.32 Å². The number of carbonyl (C=O) groups is 2. The van der Waals surface area contributed by atoms with Gasteiger partial charge in [-0.25, -0.2) is 0 Å². The first kappa shape index (κ1) is 19.5. The Bertz CT molecular complexity index is 1130. The van der Waals surface area contributed by atoms with Crippen LogP contribution in [0.15, 0.2) is 78.5 Å². The van der Waals surface area contributed by atoms with Gasteiger partial charge >= 0.3 is 0 Å². The van der Waals surface area contributed by atoms with Gasteiger partial charge in [0.1, 0.15) is 5.70 Å². The number of amides is 2. The molecule has 1 aliphatic rings. The van der Waals surface area contributed by atoms with E-state index in [0.717, 1.165) is 0 Å². The molecule has 0 unspecified atom stereocenters. The second kappa shape index (κ2) is 8.71. The first-order valence-electron chi connectivity index (χ1n) is 9.14. The summed E-state index contributed by atoms with van der Waals surface area (Å²) in [6, 6.07) is 20.8. The Hall–Kier alpha value is -3.77. The maximum atomic E-state index is 12.9. The maximum absolute atomic E-state index is 12.9. The highest BCUT2D eigenvalue weighted by atomic mass is 35.5. The lowest BCUT2D eigenvalue weighted by Crippen LogP contribution is -2.30. The molecule has 0 spiro atoms. The van der Waals surface area contributed by atoms with Crippen molar-refractivity contribution in [1.29, 1.82) is 0 Å². The average Bonchev–Trinajstić information content (AvgIpc) is 3.22. The van der Waals surface area contributed by atoms with Crippen molar-refractivity contribution in [3.63, 3.8) is 0 Å². The zero-order chi connectivity index (χ0) is 20.9. The molecule has 150 valence electrons. The van der Waals surface area contributed by atoms with Gasteiger partial charge in [0.05, 0.1) is 10.6 Å². The van der Waals surface area contributed by atoms with E-state index in [1.807, 2.05) is 6.07 Å². The smallest absolute Gasteiger partial charge is 0.272 e. The quantitative estimate of drug-likeness (QED) is 0.597.